The quantitative estimate of drug-likeness (QED) is 0.506. The summed E-state index contributed by atoms with van der Waals surface area (Å²) in [5.74, 6) is -0.109. The zero-order valence-corrected chi connectivity index (χ0v) is 19.7. The Morgan fingerprint density at radius 1 is 1.08 bits per heavy atom. The molecule has 0 saturated carbocycles. The average molecular weight is 494 g/mol. The normalized spacial score (nSPS) is 17.2. The van der Waals surface area contributed by atoms with Crippen molar-refractivity contribution < 1.29 is 14.4 Å². The largest absolute Gasteiger partial charge is 0.352 e. The van der Waals surface area contributed by atoms with Gasteiger partial charge in [0, 0.05) is 18.5 Å². The second-order valence-corrected chi connectivity index (χ2v) is 10.5. The molecule has 1 N–H and O–H groups in total. The number of nitrogens with zero attached hydrogens (tertiary/aromatic N) is 1. The predicted octanol–water partition coefficient (Wildman–Crippen LogP) is 4.49. The van der Waals surface area contributed by atoms with Crippen molar-refractivity contribution in [3.05, 3.63) is 8.96 Å². The minimum atomic E-state index is -0.287. The summed E-state index contributed by atoms with van der Waals surface area (Å²) in [6.07, 6.45) is 3.00. The molecule has 26 heavy (non-hydrogen) atoms. The van der Waals surface area contributed by atoms with E-state index in [2.05, 4.69) is 57.9 Å². The fourth-order valence-electron chi connectivity index (χ4n) is 3.14. The van der Waals surface area contributed by atoms with E-state index in [9.17, 15) is 14.4 Å². The van der Waals surface area contributed by atoms with Gasteiger partial charge in [-0.3, -0.25) is 19.3 Å². The lowest BCUT2D eigenvalue weighted by Gasteiger charge is -2.30. The van der Waals surface area contributed by atoms with E-state index in [1.54, 1.807) is 0 Å². The molecule has 0 aromatic heterocycles. The molecule has 3 amide bonds. The lowest BCUT2D eigenvalue weighted by molar-refractivity contribution is -0.137. The molecule has 0 bridgehead atoms. The summed E-state index contributed by atoms with van der Waals surface area (Å²) in [5.41, 5.74) is -0.229. The van der Waals surface area contributed by atoms with E-state index < -0.39 is 0 Å². The third-order valence-electron chi connectivity index (χ3n) is 4.35. The molecule has 0 fully saturated rings. The topological polar surface area (TPSA) is 66.5 Å². The zero-order valence-electron chi connectivity index (χ0n) is 16.5. The third-order valence-corrected chi connectivity index (χ3v) is 6.35. The molecule has 1 aliphatic rings. The maximum atomic E-state index is 12.1. The van der Waals surface area contributed by atoms with Crippen LogP contribution in [0.15, 0.2) is 8.96 Å². The van der Waals surface area contributed by atoms with Gasteiger partial charge in [0.15, 0.2) is 0 Å². The number of hydrogen-bond acceptors (Lipinski definition) is 3. The lowest BCUT2D eigenvalue weighted by atomic mass is 9.79. The van der Waals surface area contributed by atoms with Gasteiger partial charge in [-0.15, -0.1) is 0 Å². The van der Waals surface area contributed by atoms with Gasteiger partial charge in [-0.25, -0.2) is 0 Å². The molecular weight excluding hydrogens is 464 g/mol. The lowest BCUT2D eigenvalue weighted by Crippen LogP contribution is -2.40. The number of carbonyl (C=O) groups is 3. The van der Waals surface area contributed by atoms with Crippen LogP contribution in [-0.2, 0) is 14.4 Å². The number of imide groups is 1. The van der Waals surface area contributed by atoms with Crippen LogP contribution in [0.2, 0.25) is 0 Å². The SMILES string of the molecule is CC(CCC(=O)NC(C)(C)C)CC(C)(C)CCN1C(=O)C(Br)=C(Br)C1=O. The number of rotatable bonds is 8. The molecule has 0 aromatic carbocycles. The van der Waals surface area contributed by atoms with Crippen LogP contribution in [-0.4, -0.2) is 34.7 Å². The van der Waals surface area contributed by atoms with Crippen molar-refractivity contribution in [2.45, 2.75) is 72.8 Å². The van der Waals surface area contributed by atoms with E-state index in [0.717, 1.165) is 19.3 Å². The summed E-state index contributed by atoms with van der Waals surface area (Å²) in [7, 11) is 0. The van der Waals surface area contributed by atoms with Crippen molar-refractivity contribution in [1.82, 2.24) is 10.2 Å². The van der Waals surface area contributed by atoms with Crippen molar-refractivity contribution in [1.29, 1.82) is 0 Å². The summed E-state index contributed by atoms with van der Waals surface area (Å²) >= 11 is 6.30. The highest BCUT2D eigenvalue weighted by molar-refractivity contribution is 9.14. The Kier molecular flexibility index (Phi) is 8.08. The van der Waals surface area contributed by atoms with Crippen LogP contribution >= 0.6 is 31.9 Å². The van der Waals surface area contributed by atoms with Crippen molar-refractivity contribution in [2.24, 2.45) is 11.3 Å². The molecular formula is C19H30Br2N2O3. The zero-order chi connectivity index (χ0) is 20.3. The Labute approximate surface area is 173 Å². The van der Waals surface area contributed by atoms with Gasteiger partial charge >= 0.3 is 0 Å². The standard InChI is InChI=1S/C19H30Br2N2O3/c1-12(7-8-13(24)22-18(2,3)4)11-19(5,6)9-10-23-16(25)14(20)15(21)17(23)26/h12H,7-11H2,1-6H3,(H,22,24). The van der Waals surface area contributed by atoms with Crippen LogP contribution in [0.4, 0.5) is 0 Å². The molecule has 1 heterocycles. The van der Waals surface area contributed by atoms with Gasteiger partial charge in [-0.1, -0.05) is 20.8 Å². The Hall–Kier alpha value is -0.690. The van der Waals surface area contributed by atoms with Crippen LogP contribution in [0.5, 0.6) is 0 Å². The number of amides is 3. The van der Waals surface area contributed by atoms with Gasteiger partial charge < -0.3 is 5.32 Å². The van der Waals surface area contributed by atoms with Crippen LogP contribution in [0.25, 0.3) is 0 Å². The highest BCUT2D eigenvalue weighted by Crippen LogP contribution is 2.34. The third kappa shape index (κ3) is 7.14. The Morgan fingerprint density at radius 2 is 1.58 bits per heavy atom. The number of halogens is 2. The fourth-order valence-corrected chi connectivity index (χ4v) is 3.91. The van der Waals surface area contributed by atoms with Crippen molar-refractivity contribution in [3.63, 3.8) is 0 Å². The second kappa shape index (κ2) is 9.00. The maximum Gasteiger partial charge on any atom is 0.269 e. The van der Waals surface area contributed by atoms with E-state index in [1.807, 2.05) is 20.8 Å². The number of hydrogen-bond donors (Lipinski definition) is 1. The first-order valence-corrected chi connectivity index (χ1v) is 10.5. The van der Waals surface area contributed by atoms with E-state index in [1.165, 1.54) is 4.90 Å². The molecule has 0 saturated heterocycles. The van der Waals surface area contributed by atoms with E-state index >= 15 is 0 Å². The van der Waals surface area contributed by atoms with E-state index in [0.29, 0.717) is 27.8 Å². The predicted molar refractivity (Wildman–Crippen MR) is 111 cm³/mol. The minimum Gasteiger partial charge on any atom is -0.352 e. The summed E-state index contributed by atoms with van der Waals surface area (Å²) < 4.78 is 0.581. The van der Waals surface area contributed by atoms with Gasteiger partial charge in [0.1, 0.15) is 8.96 Å². The maximum absolute atomic E-state index is 12.1. The van der Waals surface area contributed by atoms with Crippen molar-refractivity contribution >= 4 is 49.6 Å². The molecule has 148 valence electrons. The molecule has 0 radical (unpaired) electrons. The second-order valence-electron chi connectivity index (χ2n) is 8.95. The minimum absolute atomic E-state index is 0.0258. The van der Waals surface area contributed by atoms with E-state index in [4.69, 9.17) is 0 Å². The van der Waals surface area contributed by atoms with Crippen LogP contribution in [0.1, 0.15) is 67.2 Å². The van der Waals surface area contributed by atoms with Gasteiger partial charge in [0.05, 0.1) is 0 Å². The Morgan fingerprint density at radius 3 is 2.04 bits per heavy atom. The summed E-state index contributed by atoms with van der Waals surface area (Å²) in [6, 6.07) is 0. The molecule has 5 nitrogen and oxygen atoms in total. The molecule has 1 rings (SSSR count). The molecule has 1 unspecified atom stereocenters. The number of carbonyl (C=O) groups excluding carboxylic acids is 3. The average Bonchev–Trinajstić information content (AvgIpc) is 2.65. The first kappa shape index (κ1) is 23.3. The summed E-state index contributed by atoms with van der Waals surface area (Å²) in [5, 5.41) is 2.98. The highest BCUT2D eigenvalue weighted by atomic mass is 79.9. The fraction of sp³-hybridized carbons (Fsp3) is 0.737. The van der Waals surface area contributed by atoms with Crippen molar-refractivity contribution in [2.75, 3.05) is 6.54 Å². The first-order chi connectivity index (χ1) is 11.7. The van der Waals surface area contributed by atoms with Crippen molar-refractivity contribution in [3.8, 4) is 0 Å². The smallest absolute Gasteiger partial charge is 0.269 e. The van der Waals surface area contributed by atoms with E-state index in [-0.39, 0.29) is 28.7 Å². The van der Waals surface area contributed by atoms with Crippen LogP contribution < -0.4 is 5.32 Å². The molecule has 0 aromatic rings. The van der Waals surface area contributed by atoms with Crippen LogP contribution in [0, 0.1) is 11.3 Å². The molecule has 1 aliphatic heterocycles. The highest BCUT2D eigenvalue weighted by Gasteiger charge is 2.36. The molecule has 0 spiro atoms. The summed E-state index contributed by atoms with van der Waals surface area (Å²) in [6.45, 7) is 12.7. The number of nitrogens with one attached hydrogen (secondary N) is 1. The van der Waals surface area contributed by atoms with Gasteiger partial charge in [0.2, 0.25) is 5.91 Å². The van der Waals surface area contributed by atoms with Gasteiger partial charge in [-0.05, 0) is 83.2 Å². The molecule has 0 aliphatic carbocycles. The Bertz CT molecular complexity index is 582. The van der Waals surface area contributed by atoms with Gasteiger partial charge in [-0.2, -0.15) is 0 Å². The van der Waals surface area contributed by atoms with Crippen LogP contribution in [0.3, 0.4) is 0 Å². The Balaban J connectivity index is 2.45. The van der Waals surface area contributed by atoms with Gasteiger partial charge in [0.25, 0.3) is 11.8 Å². The monoisotopic (exact) mass is 492 g/mol. The molecule has 7 heteroatoms. The molecule has 1 atom stereocenters. The first-order valence-electron chi connectivity index (χ1n) is 8.96. The summed E-state index contributed by atoms with van der Waals surface area (Å²) in [4.78, 5) is 37.4.